The molecule has 31 heavy (non-hydrogen) atoms. The summed E-state index contributed by atoms with van der Waals surface area (Å²) in [5, 5.41) is 13.2. The number of aliphatic hydroxyl groups excluding tert-OH is 1. The first kappa shape index (κ1) is 24.7. The number of carbonyl (C=O) groups excluding carboxylic acids is 1. The number of primary amides is 1. The number of hydrogen-bond donors (Lipinski definition) is 3. The van der Waals surface area contributed by atoms with E-state index in [1.165, 1.54) is 0 Å². The van der Waals surface area contributed by atoms with Gasteiger partial charge in [-0.2, -0.15) is 0 Å². The smallest absolute Gasteiger partial charge is 0.258 e. The molecule has 0 aromatic heterocycles. The van der Waals surface area contributed by atoms with Crippen molar-refractivity contribution < 1.29 is 24.1 Å². The number of nitrogens with two attached hydrogens (primary N) is 1. The van der Waals surface area contributed by atoms with Crippen LogP contribution in [0.15, 0.2) is 54.6 Å². The van der Waals surface area contributed by atoms with E-state index in [2.05, 4.69) is 5.32 Å². The third-order valence-corrected chi connectivity index (χ3v) is 4.63. The molecule has 170 valence electrons. The molecule has 7 nitrogen and oxygen atoms in total. The average Bonchev–Trinajstić information content (AvgIpc) is 2.79. The van der Waals surface area contributed by atoms with Crippen molar-refractivity contribution in [3.63, 3.8) is 0 Å². The van der Waals surface area contributed by atoms with Gasteiger partial charge in [0.1, 0.15) is 24.2 Å². The number of ether oxygens (including phenoxy) is 3. The summed E-state index contributed by atoms with van der Waals surface area (Å²) in [6.45, 7) is 4.60. The van der Waals surface area contributed by atoms with Crippen molar-refractivity contribution in [1.82, 2.24) is 5.32 Å². The van der Waals surface area contributed by atoms with Gasteiger partial charge >= 0.3 is 0 Å². The highest BCUT2D eigenvalue weighted by molar-refractivity contribution is 5.79. The number of rotatable bonds is 16. The van der Waals surface area contributed by atoms with E-state index in [4.69, 9.17) is 19.9 Å². The van der Waals surface area contributed by atoms with Crippen LogP contribution in [0.3, 0.4) is 0 Å². The molecule has 0 aliphatic rings. The van der Waals surface area contributed by atoms with Crippen LogP contribution in [0, 0.1) is 0 Å². The zero-order valence-electron chi connectivity index (χ0n) is 18.2. The fourth-order valence-electron chi connectivity index (χ4n) is 2.94. The molecule has 1 amide bonds. The van der Waals surface area contributed by atoms with Crippen molar-refractivity contribution in [2.24, 2.45) is 5.73 Å². The van der Waals surface area contributed by atoms with Gasteiger partial charge in [-0.1, -0.05) is 30.3 Å². The molecule has 2 aromatic carbocycles. The number of nitrogens with one attached hydrogen (secondary N) is 1. The Balaban J connectivity index is 1.65. The van der Waals surface area contributed by atoms with Crippen molar-refractivity contribution in [3.8, 4) is 11.5 Å². The normalized spacial score (nSPS) is 12.8. The highest BCUT2D eigenvalue weighted by Gasteiger charge is 2.16. The van der Waals surface area contributed by atoms with Gasteiger partial charge in [-0.05, 0) is 62.6 Å². The molecule has 0 aliphatic carbocycles. The van der Waals surface area contributed by atoms with E-state index in [1.807, 2.05) is 61.5 Å². The summed E-state index contributed by atoms with van der Waals surface area (Å²) < 4.78 is 16.6. The van der Waals surface area contributed by atoms with Crippen molar-refractivity contribution in [3.05, 3.63) is 60.2 Å². The van der Waals surface area contributed by atoms with Gasteiger partial charge in [0.2, 0.25) is 0 Å². The molecule has 0 radical (unpaired) electrons. The minimum atomic E-state index is -0.660. The number of carbonyl (C=O) groups is 1. The molecule has 0 fully saturated rings. The third-order valence-electron chi connectivity index (χ3n) is 4.63. The molecule has 4 N–H and O–H groups in total. The van der Waals surface area contributed by atoms with E-state index in [1.54, 1.807) is 0 Å². The van der Waals surface area contributed by atoms with Crippen molar-refractivity contribution in [1.29, 1.82) is 0 Å². The summed E-state index contributed by atoms with van der Waals surface area (Å²) in [6, 6.07) is 17.0. The Morgan fingerprint density at radius 3 is 2.52 bits per heavy atom. The second kappa shape index (κ2) is 14.4. The van der Waals surface area contributed by atoms with Gasteiger partial charge in [0.25, 0.3) is 5.91 Å². The molecule has 0 heterocycles. The summed E-state index contributed by atoms with van der Waals surface area (Å²) in [5.41, 5.74) is 6.57. The van der Waals surface area contributed by atoms with Crippen LogP contribution in [0.5, 0.6) is 11.5 Å². The Labute approximate surface area is 184 Å². The zero-order chi connectivity index (χ0) is 22.3. The van der Waals surface area contributed by atoms with Crippen LogP contribution in [0.1, 0.15) is 25.3 Å². The van der Waals surface area contributed by atoms with Gasteiger partial charge < -0.3 is 30.4 Å². The lowest BCUT2D eigenvalue weighted by Crippen LogP contribution is -2.34. The largest absolute Gasteiger partial charge is 0.491 e. The van der Waals surface area contributed by atoms with E-state index in [9.17, 15) is 9.90 Å². The second-order valence-electron chi connectivity index (χ2n) is 7.22. The minimum absolute atomic E-state index is 0.245. The number of hydrogen-bond acceptors (Lipinski definition) is 6. The molecule has 0 saturated carbocycles. The molecular formula is C24H34N2O5. The maximum absolute atomic E-state index is 11.6. The zero-order valence-corrected chi connectivity index (χ0v) is 18.2. The summed E-state index contributed by atoms with van der Waals surface area (Å²) in [7, 11) is 0. The maximum atomic E-state index is 11.6. The molecule has 2 unspecified atom stereocenters. The lowest BCUT2D eigenvalue weighted by Gasteiger charge is -2.16. The summed E-state index contributed by atoms with van der Waals surface area (Å²) >= 11 is 0. The van der Waals surface area contributed by atoms with Gasteiger partial charge in [-0.25, -0.2) is 0 Å². The van der Waals surface area contributed by atoms with Gasteiger partial charge in [-0.15, -0.1) is 0 Å². The topological polar surface area (TPSA) is 103 Å². The first-order valence-corrected chi connectivity index (χ1v) is 10.8. The Bertz CT molecular complexity index is 739. The lowest BCUT2D eigenvalue weighted by atomic mass is 10.1. The van der Waals surface area contributed by atoms with Crippen LogP contribution < -0.4 is 20.5 Å². The third kappa shape index (κ3) is 10.3. The monoisotopic (exact) mass is 430 g/mol. The van der Waals surface area contributed by atoms with Crippen LogP contribution in [-0.2, 0) is 16.0 Å². The number of benzene rings is 2. The average molecular weight is 431 g/mol. The van der Waals surface area contributed by atoms with Gasteiger partial charge in [-0.3, -0.25) is 4.79 Å². The minimum Gasteiger partial charge on any atom is -0.491 e. The van der Waals surface area contributed by atoms with Crippen LogP contribution in [-0.4, -0.2) is 56.1 Å². The molecule has 7 heteroatoms. The van der Waals surface area contributed by atoms with Crippen molar-refractivity contribution >= 4 is 5.91 Å². The van der Waals surface area contributed by atoms with Crippen molar-refractivity contribution in [2.45, 2.75) is 38.4 Å². The number of para-hydroxylation sites is 1. The fraction of sp³-hybridized carbons (Fsp3) is 0.458. The summed E-state index contributed by atoms with van der Waals surface area (Å²) in [5.74, 6) is 0.890. The van der Waals surface area contributed by atoms with Crippen LogP contribution in [0.2, 0.25) is 0 Å². The number of amides is 1. The molecular weight excluding hydrogens is 396 g/mol. The van der Waals surface area contributed by atoms with E-state index in [0.29, 0.717) is 38.3 Å². The number of aliphatic hydroxyl groups is 1. The molecule has 0 spiro atoms. The highest BCUT2D eigenvalue weighted by atomic mass is 16.5. The maximum Gasteiger partial charge on any atom is 0.258 e. The SMILES string of the molecule is CCOCCCC(Oc1ccc(CCNCC(O)COc2ccccc2)cc1)C(N)=O. The fourth-order valence-corrected chi connectivity index (χ4v) is 2.94. The Morgan fingerprint density at radius 1 is 1.10 bits per heavy atom. The van der Waals surface area contributed by atoms with Crippen molar-refractivity contribution in [2.75, 3.05) is 32.9 Å². The van der Waals surface area contributed by atoms with E-state index in [0.717, 1.165) is 24.3 Å². The van der Waals surface area contributed by atoms with Gasteiger partial charge in [0.15, 0.2) is 6.10 Å². The molecule has 2 aromatic rings. The van der Waals surface area contributed by atoms with Crippen LogP contribution in [0.25, 0.3) is 0 Å². The molecule has 0 saturated heterocycles. The predicted octanol–water partition coefficient (Wildman–Crippen LogP) is 2.31. The molecule has 0 aliphatic heterocycles. The van der Waals surface area contributed by atoms with E-state index in [-0.39, 0.29) is 6.61 Å². The molecule has 0 bridgehead atoms. The Morgan fingerprint density at radius 2 is 1.84 bits per heavy atom. The van der Waals surface area contributed by atoms with Gasteiger partial charge in [0, 0.05) is 19.8 Å². The summed E-state index contributed by atoms with van der Waals surface area (Å²) in [4.78, 5) is 11.6. The first-order chi connectivity index (χ1) is 15.1. The quantitative estimate of drug-likeness (QED) is 0.353. The van der Waals surface area contributed by atoms with Gasteiger partial charge in [0.05, 0.1) is 0 Å². The predicted molar refractivity (Wildman–Crippen MR) is 120 cm³/mol. The Kier molecular flexibility index (Phi) is 11.5. The van der Waals surface area contributed by atoms with Crippen LogP contribution in [0.4, 0.5) is 0 Å². The highest BCUT2D eigenvalue weighted by Crippen LogP contribution is 2.16. The summed E-state index contributed by atoms with van der Waals surface area (Å²) in [6.07, 6.45) is 0.808. The van der Waals surface area contributed by atoms with E-state index >= 15 is 0 Å². The second-order valence-corrected chi connectivity index (χ2v) is 7.22. The molecule has 2 rings (SSSR count). The van der Waals surface area contributed by atoms with Crippen LogP contribution >= 0.6 is 0 Å². The Hall–Kier alpha value is -2.61. The standard InChI is InChI=1S/C24H34N2O5/c1-2-29-16-6-9-23(24(25)28)31-22-12-10-19(11-13-22)14-15-26-17-20(27)18-30-21-7-4-3-5-8-21/h3-5,7-8,10-13,20,23,26-27H,2,6,9,14-18H2,1H3,(H2,25,28). The molecule has 2 atom stereocenters. The first-order valence-electron chi connectivity index (χ1n) is 10.8. The van der Waals surface area contributed by atoms with E-state index < -0.39 is 18.1 Å². The lowest BCUT2D eigenvalue weighted by molar-refractivity contribution is -0.125.